The van der Waals surface area contributed by atoms with Gasteiger partial charge in [-0.1, -0.05) is 17.7 Å². The molecule has 0 aliphatic carbocycles. The van der Waals surface area contributed by atoms with Crippen LogP contribution < -0.4 is 9.01 Å². The highest BCUT2D eigenvalue weighted by molar-refractivity contribution is 7.89. The van der Waals surface area contributed by atoms with E-state index in [2.05, 4.69) is 9.93 Å². The summed E-state index contributed by atoms with van der Waals surface area (Å²) >= 11 is 0. The second kappa shape index (κ2) is 9.16. The highest BCUT2D eigenvalue weighted by Gasteiger charge is 2.18. The fraction of sp³-hybridized carbons (Fsp3) is 0.0500. The van der Waals surface area contributed by atoms with Gasteiger partial charge in [-0.25, -0.2) is 4.83 Å². The van der Waals surface area contributed by atoms with Crippen LogP contribution in [-0.2, 0) is 20.1 Å². The van der Waals surface area contributed by atoms with E-state index in [1.54, 1.807) is 12.1 Å². The summed E-state index contributed by atoms with van der Waals surface area (Å²) < 4.78 is 54.0. The van der Waals surface area contributed by atoms with E-state index < -0.39 is 25.1 Å². The van der Waals surface area contributed by atoms with Crippen molar-refractivity contribution in [3.05, 3.63) is 94.0 Å². The van der Waals surface area contributed by atoms with Crippen LogP contribution in [0.5, 0.6) is 5.75 Å². The standard InChI is InChI=1S/C20H17N3O7S2/c1-15-2-10-19(11-3-15)31(26,27)22-21-14-16-4-8-18(9-5-16)30-32(28,29)20-12-6-17(7-13-20)23(24)25/h2-14,22H,1H3/b21-14+. The molecule has 0 saturated heterocycles. The summed E-state index contributed by atoms with van der Waals surface area (Å²) in [4.78, 5) is 12.0. The minimum absolute atomic E-state index is 0.000684. The minimum Gasteiger partial charge on any atom is -0.379 e. The maximum absolute atomic E-state index is 12.3. The summed E-state index contributed by atoms with van der Waals surface area (Å²) in [6.45, 7) is 1.84. The van der Waals surface area contributed by atoms with Crippen LogP contribution in [-0.4, -0.2) is 28.0 Å². The average molecular weight is 476 g/mol. The lowest BCUT2D eigenvalue weighted by Gasteiger charge is -2.07. The number of hydrazone groups is 1. The van der Waals surface area contributed by atoms with Crippen LogP contribution in [0.2, 0.25) is 0 Å². The second-order valence-electron chi connectivity index (χ2n) is 6.52. The van der Waals surface area contributed by atoms with Crippen LogP contribution in [0.25, 0.3) is 0 Å². The van der Waals surface area contributed by atoms with Crippen LogP contribution in [0.3, 0.4) is 0 Å². The Balaban J connectivity index is 1.65. The third kappa shape index (κ3) is 5.68. The van der Waals surface area contributed by atoms with Crippen molar-refractivity contribution < 1.29 is 25.9 Å². The number of hydrogen-bond donors (Lipinski definition) is 1. The molecule has 166 valence electrons. The number of aryl methyl sites for hydroxylation is 1. The molecule has 0 aliphatic rings. The number of nitrogens with one attached hydrogen (secondary N) is 1. The Bertz CT molecular complexity index is 1350. The molecule has 12 heteroatoms. The van der Waals surface area contributed by atoms with Gasteiger partial charge in [0.05, 0.1) is 16.0 Å². The van der Waals surface area contributed by atoms with Crippen LogP contribution in [0.4, 0.5) is 5.69 Å². The summed E-state index contributed by atoms with van der Waals surface area (Å²) in [5.74, 6) is 0.000684. The van der Waals surface area contributed by atoms with E-state index in [1.165, 1.54) is 42.6 Å². The number of hydrogen-bond acceptors (Lipinski definition) is 8. The van der Waals surface area contributed by atoms with E-state index in [4.69, 9.17) is 4.18 Å². The van der Waals surface area contributed by atoms with Gasteiger partial charge in [0.15, 0.2) is 0 Å². The third-order valence-electron chi connectivity index (χ3n) is 4.14. The molecule has 3 aromatic rings. The largest absolute Gasteiger partial charge is 0.379 e. The van der Waals surface area contributed by atoms with Gasteiger partial charge in [0, 0.05) is 12.1 Å². The summed E-state index contributed by atoms with van der Waals surface area (Å²) in [5.41, 5.74) is 1.16. The first-order valence-corrected chi connectivity index (χ1v) is 11.9. The zero-order valence-electron chi connectivity index (χ0n) is 16.6. The van der Waals surface area contributed by atoms with Crippen molar-refractivity contribution in [3.63, 3.8) is 0 Å². The van der Waals surface area contributed by atoms with Crippen LogP contribution in [0, 0.1) is 17.0 Å². The Morgan fingerprint density at radius 2 is 1.44 bits per heavy atom. The number of sulfonamides is 1. The lowest BCUT2D eigenvalue weighted by atomic mass is 10.2. The van der Waals surface area contributed by atoms with Gasteiger partial charge in [0.1, 0.15) is 10.6 Å². The SMILES string of the molecule is Cc1ccc(S(=O)(=O)N/N=C/c2ccc(OS(=O)(=O)c3ccc([N+](=O)[O-])cc3)cc2)cc1. The van der Waals surface area contributed by atoms with Crippen molar-refractivity contribution in [1.82, 2.24) is 4.83 Å². The van der Waals surface area contributed by atoms with Gasteiger partial charge in [0.25, 0.3) is 15.7 Å². The maximum atomic E-state index is 12.3. The molecule has 3 aromatic carbocycles. The number of nitrogens with zero attached hydrogens (tertiary/aromatic N) is 2. The Morgan fingerprint density at radius 3 is 2.00 bits per heavy atom. The van der Waals surface area contributed by atoms with Crippen molar-refractivity contribution in [3.8, 4) is 5.75 Å². The molecule has 0 atom stereocenters. The lowest BCUT2D eigenvalue weighted by Crippen LogP contribution is -2.18. The molecule has 0 unspecified atom stereocenters. The number of nitro benzene ring substituents is 1. The van der Waals surface area contributed by atoms with Gasteiger partial charge in [-0.15, -0.1) is 0 Å². The summed E-state index contributed by atoms with van der Waals surface area (Å²) in [6.07, 6.45) is 1.25. The monoisotopic (exact) mass is 475 g/mol. The van der Waals surface area contributed by atoms with Gasteiger partial charge < -0.3 is 4.18 Å². The molecule has 0 amide bonds. The fourth-order valence-electron chi connectivity index (χ4n) is 2.46. The molecule has 0 heterocycles. The first-order valence-electron chi connectivity index (χ1n) is 8.97. The van der Waals surface area contributed by atoms with Crippen LogP contribution >= 0.6 is 0 Å². The molecule has 0 radical (unpaired) electrons. The number of non-ortho nitro benzene ring substituents is 1. The highest BCUT2D eigenvalue weighted by atomic mass is 32.2. The second-order valence-corrected chi connectivity index (χ2v) is 9.73. The Hall–Kier alpha value is -3.77. The van der Waals surface area contributed by atoms with E-state index in [0.29, 0.717) is 5.56 Å². The predicted octanol–water partition coefficient (Wildman–Crippen LogP) is 2.98. The van der Waals surface area contributed by atoms with Crippen molar-refractivity contribution in [2.45, 2.75) is 16.7 Å². The van der Waals surface area contributed by atoms with E-state index in [-0.39, 0.29) is 21.2 Å². The maximum Gasteiger partial charge on any atom is 0.339 e. The smallest absolute Gasteiger partial charge is 0.339 e. The molecule has 1 N–H and O–H groups in total. The zero-order valence-corrected chi connectivity index (χ0v) is 18.2. The van der Waals surface area contributed by atoms with Crippen LogP contribution in [0.1, 0.15) is 11.1 Å². The first kappa shape index (κ1) is 22.9. The fourth-order valence-corrected chi connectivity index (χ4v) is 4.18. The normalized spacial score (nSPS) is 11.9. The van der Waals surface area contributed by atoms with E-state index in [1.807, 2.05) is 6.92 Å². The summed E-state index contributed by atoms with van der Waals surface area (Å²) in [7, 11) is -8.00. The summed E-state index contributed by atoms with van der Waals surface area (Å²) in [5, 5.41) is 14.4. The summed E-state index contributed by atoms with van der Waals surface area (Å²) in [6, 6.07) is 16.2. The third-order valence-corrected chi connectivity index (χ3v) is 6.64. The Morgan fingerprint density at radius 1 is 0.875 bits per heavy atom. The topological polar surface area (TPSA) is 145 Å². The molecule has 32 heavy (non-hydrogen) atoms. The van der Waals surface area contributed by atoms with Crippen molar-refractivity contribution in [2.75, 3.05) is 0 Å². The molecule has 0 aliphatic heterocycles. The zero-order chi connectivity index (χ0) is 23.4. The molecule has 0 aromatic heterocycles. The Labute approximate surface area is 184 Å². The number of nitro groups is 1. The quantitative estimate of drug-likeness (QED) is 0.228. The molecule has 0 spiro atoms. The van der Waals surface area contributed by atoms with E-state index >= 15 is 0 Å². The van der Waals surface area contributed by atoms with Gasteiger partial charge >= 0.3 is 10.1 Å². The molecular formula is C20H17N3O7S2. The van der Waals surface area contributed by atoms with Crippen molar-refractivity contribution in [2.24, 2.45) is 5.10 Å². The van der Waals surface area contributed by atoms with Gasteiger partial charge in [-0.3, -0.25) is 10.1 Å². The van der Waals surface area contributed by atoms with Crippen molar-refractivity contribution in [1.29, 1.82) is 0 Å². The first-order chi connectivity index (χ1) is 15.1. The number of benzene rings is 3. The average Bonchev–Trinajstić information content (AvgIpc) is 2.75. The van der Waals surface area contributed by atoms with Gasteiger partial charge in [0.2, 0.25) is 0 Å². The molecular weight excluding hydrogens is 458 g/mol. The van der Waals surface area contributed by atoms with Gasteiger partial charge in [-0.05, 0) is 61.0 Å². The minimum atomic E-state index is -4.19. The Kier molecular flexibility index (Phi) is 6.55. The molecule has 0 saturated carbocycles. The van der Waals surface area contributed by atoms with E-state index in [0.717, 1.165) is 29.8 Å². The molecule has 10 nitrogen and oxygen atoms in total. The van der Waals surface area contributed by atoms with E-state index in [9.17, 15) is 26.9 Å². The molecule has 3 rings (SSSR count). The van der Waals surface area contributed by atoms with Crippen molar-refractivity contribution >= 4 is 32.0 Å². The molecule has 0 bridgehead atoms. The molecule has 0 fully saturated rings. The highest BCUT2D eigenvalue weighted by Crippen LogP contribution is 2.21. The van der Waals surface area contributed by atoms with Gasteiger partial charge in [-0.2, -0.15) is 21.9 Å². The van der Waals surface area contributed by atoms with Crippen LogP contribution in [0.15, 0.2) is 87.7 Å². The lowest BCUT2D eigenvalue weighted by molar-refractivity contribution is -0.384. The predicted molar refractivity (Wildman–Crippen MR) is 116 cm³/mol. The number of rotatable bonds is 8.